The molecule has 0 amide bonds. The maximum Gasteiger partial charge on any atom is 0.338 e. The zero-order chi connectivity index (χ0) is 23.4. The van der Waals surface area contributed by atoms with Crippen molar-refractivity contribution in [3.05, 3.63) is 83.0 Å². The molecule has 1 aliphatic carbocycles. The highest BCUT2D eigenvalue weighted by Gasteiger charge is 2.27. The van der Waals surface area contributed by atoms with Gasteiger partial charge in [-0.2, -0.15) is 0 Å². The number of rotatable bonds is 7. The van der Waals surface area contributed by atoms with E-state index in [2.05, 4.69) is 39.2 Å². The molecular formula is C28H30O4. The van der Waals surface area contributed by atoms with Crippen LogP contribution in [0.5, 0.6) is 11.5 Å². The lowest BCUT2D eigenvalue weighted by molar-refractivity contribution is -0.131. The normalized spacial score (nSPS) is 12.4. The summed E-state index contributed by atoms with van der Waals surface area (Å²) in [6.45, 7) is 14.9. The molecule has 0 heterocycles. The van der Waals surface area contributed by atoms with Crippen molar-refractivity contribution < 1.29 is 19.1 Å². The number of esters is 2. The van der Waals surface area contributed by atoms with Crippen LogP contribution in [0.3, 0.4) is 0 Å². The van der Waals surface area contributed by atoms with Gasteiger partial charge in [0.1, 0.15) is 11.5 Å². The summed E-state index contributed by atoms with van der Waals surface area (Å²) in [6.07, 6.45) is 7.52. The van der Waals surface area contributed by atoms with Gasteiger partial charge in [-0.3, -0.25) is 0 Å². The fourth-order valence-corrected chi connectivity index (χ4v) is 3.76. The maximum absolute atomic E-state index is 12.5. The average Bonchev–Trinajstić information content (AvgIpc) is 2.75. The molecule has 0 aliphatic heterocycles. The van der Waals surface area contributed by atoms with E-state index in [1.54, 1.807) is 13.8 Å². The van der Waals surface area contributed by atoms with Crippen molar-refractivity contribution in [2.45, 2.75) is 53.4 Å². The lowest BCUT2D eigenvalue weighted by Gasteiger charge is -2.25. The van der Waals surface area contributed by atoms with Gasteiger partial charge in [0.15, 0.2) is 0 Å². The molecule has 4 nitrogen and oxygen atoms in total. The molecule has 0 unspecified atom stereocenters. The summed E-state index contributed by atoms with van der Waals surface area (Å²) in [4.78, 5) is 24.9. The lowest BCUT2D eigenvalue weighted by Crippen LogP contribution is -2.16. The summed E-state index contributed by atoms with van der Waals surface area (Å²) in [5.74, 6) is 0.0944. The number of hydrogen-bond donors (Lipinski definition) is 0. The van der Waals surface area contributed by atoms with E-state index in [0.717, 1.165) is 34.7 Å². The zero-order valence-electron chi connectivity index (χ0n) is 19.3. The number of ether oxygens (including phenoxy) is 2. The molecule has 0 N–H and O–H groups in total. The molecule has 0 saturated carbocycles. The predicted molar refractivity (Wildman–Crippen MR) is 129 cm³/mol. The van der Waals surface area contributed by atoms with E-state index < -0.39 is 11.9 Å². The molecule has 1 aliphatic rings. The highest BCUT2D eigenvalue weighted by atomic mass is 16.5. The first-order chi connectivity index (χ1) is 15.2. The monoisotopic (exact) mass is 430 g/mol. The van der Waals surface area contributed by atoms with Crippen LogP contribution in [0.4, 0.5) is 0 Å². The molecule has 0 saturated heterocycles. The number of hydrogen-bond acceptors (Lipinski definition) is 4. The molecule has 32 heavy (non-hydrogen) atoms. The molecule has 3 rings (SSSR count). The summed E-state index contributed by atoms with van der Waals surface area (Å²) >= 11 is 0. The summed E-state index contributed by atoms with van der Waals surface area (Å²) < 4.78 is 11.7. The van der Waals surface area contributed by atoms with Gasteiger partial charge in [0.2, 0.25) is 0 Å². The number of carbonyl (C=O) groups excluding carboxylic acids is 2. The van der Waals surface area contributed by atoms with Gasteiger partial charge in [-0.1, -0.05) is 60.7 Å². The van der Waals surface area contributed by atoms with Crippen LogP contribution in [0.25, 0.3) is 10.8 Å². The van der Waals surface area contributed by atoms with Gasteiger partial charge >= 0.3 is 11.9 Å². The van der Waals surface area contributed by atoms with E-state index in [-0.39, 0.29) is 0 Å². The Labute approximate surface area is 189 Å². The Morgan fingerprint density at radius 3 is 1.94 bits per heavy atom. The van der Waals surface area contributed by atoms with E-state index in [9.17, 15) is 9.59 Å². The molecule has 0 bridgehead atoms. The minimum atomic E-state index is -0.470. The fourth-order valence-electron chi connectivity index (χ4n) is 3.76. The lowest BCUT2D eigenvalue weighted by atomic mass is 9.85. The highest BCUT2D eigenvalue weighted by molar-refractivity contribution is 6.01. The Morgan fingerprint density at radius 2 is 1.44 bits per heavy atom. The first kappa shape index (κ1) is 23.3. The third-order valence-corrected chi connectivity index (χ3v) is 5.43. The van der Waals surface area contributed by atoms with Crippen LogP contribution in [-0.2, 0) is 22.4 Å². The van der Waals surface area contributed by atoms with E-state index in [1.165, 1.54) is 11.1 Å². The number of allylic oxidation sites excluding steroid dienone is 4. The third-order valence-electron chi connectivity index (χ3n) is 5.43. The first-order valence-corrected chi connectivity index (χ1v) is 10.8. The van der Waals surface area contributed by atoms with Crippen molar-refractivity contribution in [2.24, 2.45) is 0 Å². The Hall–Kier alpha value is -3.40. The maximum atomic E-state index is 12.5. The summed E-state index contributed by atoms with van der Waals surface area (Å²) in [7, 11) is 0. The fraction of sp³-hybridized carbons (Fsp3) is 0.286. The number of benzene rings is 2. The number of fused-ring (bicyclic) bond motifs is 2. The molecule has 0 fully saturated rings. The van der Waals surface area contributed by atoms with Crippen molar-refractivity contribution in [2.75, 3.05) is 0 Å². The van der Waals surface area contributed by atoms with Gasteiger partial charge < -0.3 is 9.47 Å². The quantitative estimate of drug-likeness (QED) is 0.216. The second-order valence-electron chi connectivity index (χ2n) is 8.56. The van der Waals surface area contributed by atoms with E-state index in [1.807, 2.05) is 24.3 Å². The van der Waals surface area contributed by atoms with Gasteiger partial charge in [0.05, 0.1) is 0 Å². The van der Waals surface area contributed by atoms with Crippen LogP contribution >= 0.6 is 0 Å². The molecule has 0 radical (unpaired) electrons. The minimum absolute atomic E-state index is 0.328. The summed E-state index contributed by atoms with van der Waals surface area (Å²) in [5, 5.41) is 1.46. The SMILES string of the molecule is C=C(C)C(=O)Oc1c2c(c(OC(=O)C(=C)C)c3ccccc13)CC(CCC=C(C)C)=CC2. The van der Waals surface area contributed by atoms with Crippen LogP contribution in [0.15, 0.2) is 71.9 Å². The standard InChI is InChI=1S/C28H30O4/c1-17(2)10-9-11-20-14-15-23-24(16-20)26(32-28(30)19(5)6)22-13-8-7-12-21(22)25(23)31-27(29)18(3)4/h7-8,10,12-14H,3,5,9,11,15-16H2,1-2,4,6H3. The second-order valence-corrected chi connectivity index (χ2v) is 8.56. The molecule has 0 atom stereocenters. The second kappa shape index (κ2) is 9.82. The van der Waals surface area contributed by atoms with Gasteiger partial charge in [-0.15, -0.1) is 0 Å². The van der Waals surface area contributed by atoms with Gasteiger partial charge in [-0.05, 0) is 53.4 Å². The minimum Gasteiger partial charge on any atom is -0.422 e. The van der Waals surface area contributed by atoms with Crippen LogP contribution < -0.4 is 9.47 Å². The van der Waals surface area contributed by atoms with Crippen molar-refractivity contribution in [3.8, 4) is 11.5 Å². The first-order valence-electron chi connectivity index (χ1n) is 10.8. The largest absolute Gasteiger partial charge is 0.422 e. The van der Waals surface area contributed by atoms with Crippen molar-refractivity contribution in [3.63, 3.8) is 0 Å². The predicted octanol–water partition coefficient (Wildman–Crippen LogP) is 6.57. The van der Waals surface area contributed by atoms with Crippen molar-refractivity contribution in [1.82, 2.24) is 0 Å². The third kappa shape index (κ3) is 5.08. The Bertz CT molecular complexity index is 1170. The molecule has 2 aromatic carbocycles. The van der Waals surface area contributed by atoms with Crippen molar-refractivity contribution >= 4 is 22.7 Å². The molecule has 166 valence electrons. The Kier molecular flexibility index (Phi) is 7.14. The number of carbonyl (C=O) groups is 2. The molecule has 4 heteroatoms. The van der Waals surface area contributed by atoms with E-state index in [0.29, 0.717) is 35.5 Å². The molecule has 0 spiro atoms. The van der Waals surface area contributed by atoms with Crippen LogP contribution in [0.1, 0.15) is 51.7 Å². The molecule has 0 aromatic heterocycles. The smallest absolute Gasteiger partial charge is 0.338 e. The zero-order valence-corrected chi connectivity index (χ0v) is 19.3. The summed E-state index contributed by atoms with van der Waals surface area (Å²) in [6, 6.07) is 7.52. The Balaban J connectivity index is 2.16. The van der Waals surface area contributed by atoms with Gasteiger partial charge in [0, 0.05) is 33.0 Å². The van der Waals surface area contributed by atoms with Crippen LogP contribution in [0, 0.1) is 0 Å². The highest BCUT2D eigenvalue weighted by Crippen LogP contribution is 2.45. The van der Waals surface area contributed by atoms with Crippen LogP contribution in [0.2, 0.25) is 0 Å². The van der Waals surface area contributed by atoms with Gasteiger partial charge in [-0.25, -0.2) is 9.59 Å². The van der Waals surface area contributed by atoms with E-state index >= 15 is 0 Å². The topological polar surface area (TPSA) is 52.6 Å². The molecular weight excluding hydrogens is 400 g/mol. The van der Waals surface area contributed by atoms with Gasteiger partial charge in [0.25, 0.3) is 0 Å². The van der Waals surface area contributed by atoms with Crippen molar-refractivity contribution in [1.29, 1.82) is 0 Å². The Morgan fingerprint density at radius 1 is 0.906 bits per heavy atom. The van der Waals surface area contributed by atoms with E-state index in [4.69, 9.17) is 9.47 Å². The molecule has 2 aromatic rings. The summed E-state index contributed by atoms with van der Waals surface area (Å²) in [5.41, 5.74) is 4.98. The average molecular weight is 431 g/mol. The van der Waals surface area contributed by atoms with Crippen LogP contribution in [-0.4, -0.2) is 11.9 Å².